The lowest BCUT2D eigenvalue weighted by atomic mass is 9.99. The predicted molar refractivity (Wildman–Crippen MR) is 76.3 cm³/mol. The fourth-order valence-corrected chi connectivity index (χ4v) is 2.17. The average Bonchev–Trinajstić information content (AvgIpc) is 2.40. The molecule has 0 amide bonds. The van der Waals surface area contributed by atoms with E-state index in [-0.39, 0.29) is 5.75 Å². The fourth-order valence-electron chi connectivity index (χ4n) is 2.00. The van der Waals surface area contributed by atoms with Crippen LogP contribution in [0, 0.1) is 0 Å². The second-order valence-electron chi connectivity index (χ2n) is 4.40. The monoisotopic (exact) mass is 315 g/mol. The highest BCUT2D eigenvalue weighted by Gasteiger charge is 2.30. The lowest BCUT2D eigenvalue weighted by Gasteiger charge is -2.12. The van der Waals surface area contributed by atoms with Crippen molar-refractivity contribution in [2.24, 2.45) is 0 Å². The second kappa shape index (κ2) is 6.37. The van der Waals surface area contributed by atoms with Crippen LogP contribution in [-0.4, -0.2) is 13.4 Å². The SMILES string of the molecule is CNCc1ccc(Cl)cc1-c1ccc(OC(F)(F)F)cc1. The minimum absolute atomic E-state index is 0.247. The van der Waals surface area contributed by atoms with Gasteiger partial charge in [-0.25, -0.2) is 0 Å². The normalized spacial score (nSPS) is 11.5. The van der Waals surface area contributed by atoms with Gasteiger partial charge in [-0.1, -0.05) is 29.8 Å². The van der Waals surface area contributed by atoms with Crippen LogP contribution < -0.4 is 10.1 Å². The first-order valence-electron chi connectivity index (χ1n) is 6.18. The number of rotatable bonds is 4. The lowest BCUT2D eigenvalue weighted by molar-refractivity contribution is -0.274. The van der Waals surface area contributed by atoms with E-state index in [1.807, 2.05) is 13.1 Å². The number of ether oxygens (including phenoxy) is 1. The summed E-state index contributed by atoms with van der Waals surface area (Å²) in [5, 5.41) is 3.61. The number of halogens is 4. The van der Waals surface area contributed by atoms with Gasteiger partial charge in [-0.2, -0.15) is 0 Å². The lowest BCUT2D eigenvalue weighted by Crippen LogP contribution is -2.16. The Morgan fingerprint density at radius 2 is 1.76 bits per heavy atom. The van der Waals surface area contributed by atoms with Gasteiger partial charge in [0.15, 0.2) is 0 Å². The minimum atomic E-state index is -4.69. The van der Waals surface area contributed by atoms with E-state index in [0.29, 0.717) is 11.6 Å². The van der Waals surface area contributed by atoms with Crippen LogP contribution in [0.1, 0.15) is 5.56 Å². The van der Waals surface area contributed by atoms with Gasteiger partial charge in [-0.3, -0.25) is 0 Å². The fraction of sp³-hybridized carbons (Fsp3) is 0.200. The van der Waals surface area contributed by atoms with Gasteiger partial charge in [0.1, 0.15) is 5.75 Å². The second-order valence-corrected chi connectivity index (χ2v) is 4.84. The molecule has 0 bridgehead atoms. The summed E-state index contributed by atoms with van der Waals surface area (Å²) in [7, 11) is 1.82. The quantitative estimate of drug-likeness (QED) is 0.888. The largest absolute Gasteiger partial charge is 0.573 e. The summed E-state index contributed by atoms with van der Waals surface area (Å²) in [6.45, 7) is 0.632. The maximum absolute atomic E-state index is 12.1. The molecule has 0 spiro atoms. The zero-order chi connectivity index (χ0) is 15.5. The molecule has 1 N–H and O–H groups in total. The third-order valence-corrected chi connectivity index (χ3v) is 3.07. The molecule has 2 nitrogen and oxygen atoms in total. The number of nitrogens with one attached hydrogen (secondary N) is 1. The molecule has 0 atom stereocenters. The molecule has 0 aliphatic rings. The van der Waals surface area contributed by atoms with E-state index in [4.69, 9.17) is 11.6 Å². The molecule has 0 aliphatic heterocycles. The smallest absolute Gasteiger partial charge is 0.406 e. The molecule has 2 rings (SSSR count). The summed E-state index contributed by atoms with van der Waals surface area (Å²) in [6, 6.07) is 11.2. The van der Waals surface area contributed by atoms with Gasteiger partial charge < -0.3 is 10.1 Å². The van der Waals surface area contributed by atoms with E-state index in [1.165, 1.54) is 12.1 Å². The first-order valence-corrected chi connectivity index (χ1v) is 6.56. The topological polar surface area (TPSA) is 21.3 Å². The van der Waals surface area contributed by atoms with Crippen molar-refractivity contribution in [1.82, 2.24) is 5.32 Å². The molecular formula is C15H13ClF3NO. The number of alkyl halides is 3. The van der Waals surface area contributed by atoms with Gasteiger partial charge in [0.25, 0.3) is 0 Å². The number of hydrogen-bond acceptors (Lipinski definition) is 2. The standard InChI is InChI=1S/C15H13ClF3NO/c1-20-9-11-2-5-12(16)8-14(11)10-3-6-13(7-4-10)21-15(17,18)19/h2-8,20H,9H2,1H3. The Labute approximate surface area is 125 Å². The molecule has 0 radical (unpaired) electrons. The highest BCUT2D eigenvalue weighted by molar-refractivity contribution is 6.30. The molecule has 0 unspecified atom stereocenters. The zero-order valence-corrected chi connectivity index (χ0v) is 11.9. The third kappa shape index (κ3) is 4.37. The Bertz CT molecular complexity index is 611. The van der Waals surface area contributed by atoms with Crippen molar-refractivity contribution >= 4 is 11.6 Å². The van der Waals surface area contributed by atoms with Gasteiger partial charge in [-0.05, 0) is 48.0 Å². The molecule has 0 saturated heterocycles. The van der Waals surface area contributed by atoms with Crippen molar-refractivity contribution in [1.29, 1.82) is 0 Å². The van der Waals surface area contributed by atoms with Crippen LogP contribution in [0.5, 0.6) is 5.75 Å². The zero-order valence-electron chi connectivity index (χ0n) is 11.2. The Morgan fingerprint density at radius 1 is 1.10 bits per heavy atom. The van der Waals surface area contributed by atoms with Crippen LogP contribution in [0.3, 0.4) is 0 Å². The van der Waals surface area contributed by atoms with Crippen molar-refractivity contribution in [3.63, 3.8) is 0 Å². The van der Waals surface area contributed by atoms with Gasteiger partial charge in [0.05, 0.1) is 0 Å². The maximum atomic E-state index is 12.1. The van der Waals surface area contributed by atoms with E-state index >= 15 is 0 Å². The molecular weight excluding hydrogens is 303 g/mol. The van der Waals surface area contributed by atoms with Crippen LogP contribution in [-0.2, 0) is 6.54 Å². The summed E-state index contributed by atoms with van der Waals surface area (Å²) in [4.78, 5) is 0. The number of hydrogen-bond donors (Lipinski definition) is 1. The molecule has 0 saturated carbocycles. The highest BCUT2D eigenvalue weighted by atomic mass is 35.5. The predicted octanol–water partition coefficient (Wildman–Crippen LogP) is 4.63. The highest BCUT2D eigenvalue weighted by Crippen LogP contribution is 2.30. The first kappa shape index (κ1) is 15.7. The first-order chi connectivity index (χ1) is 9.89. The summed E-state index contributed by atoms with van der Waals surface area (Å²) >= 11 is 5.99. The van der Waals surface area contributed by atoms with Crippen molar-refractivity contribution in [2.75, 3.05) is 7.05 Å². The van der Waals surface area contributed by atoms with Crippen LogP contribution in [0.15, 0.2) is 42.5 Å². The van der Waals surface area contributed by atoms with Crippen LogP contribution in [0.25, 0.3) is 11.1 Å². The maximum Gasteiger partial charge on any atom is 0.573 e. The molecule has 21 heavy (non-hydrogen) atoms. The molecule has 0 aromatic heterocycles. The average molecular weight is 316 g/mol. The Kier molecular flexibility index (Phi) is 4.75. The summed E-state index contributed by atoms with van der Waals surface area (Å²) in [5.74, 6) is -0.247. The Hall–Kier alpha value is -1.72. The van der Waals surface area contributed by atoms with E-state index in [1.54, 1.807) is 24.3 Å². The third-order valence-electron chi connectivity index (χ3n) is 2.84. The van der Waals surface area contributed by atoms with E-state index in [9.17, 15) is 13.2 Å². The molecule has 0 heterocycles. The minimum Gasteiger partial charge on any atom is -0.406 e. The van der Waals surface area contributed by atoms with Gasteiger partial charge in [-0.15, -0.1) is 13.2 Å². The molecule has 112 valence electrons. The van der Waals surface area contributed by atoms with Gasteiger partial charge in [0.2, 0.25) is 0 Å². The molecule has 6 heteroatoms. The van der Waals surface area contributed by atoms with E-state index < -0.39 is 6.36 Å². The Morgan fingerprint density at radius 3 is 2.33 bits per heavy atom. The van der Waals surface area contributed by atoms with Crippen molar-refractivity contribution < 1.29 is 17.9 Å². The Balaban J connectivity index is 2.32. The van der Waals surface area contributed by atoms with Crippen LogP contribution >= 0.6 is 11.6 Å². The summed E-state index contributed by atoms with van der Waals surface area (Å²) in [6.07, 6.45) is -4.69. The van der Waals surface area contributed by atoms with E-state index in [2.05, 4.69) is 10.1 Å². The summed E-state index contributed by atoms with van der Waals surface area (Å²) in [5.41, 5.74) is 2.65. The van der Waals surface area contributed by atoms with Crippen LogP contribution in [0.2, 0.25) is 5.02 Å². The molecule has 0 aliphatic carbocycles. The van der Waals surface area contributed by atoms with Crippen molar-refractivity contribution in [2.45, 2.75) is 12.9 Å². The van der Waals surface area contributed by atoms with Gasteiger partial charge >= 0.3 is 6.36 Å². The van der Waals surface area contributed by atoms with Crippen LogP contribution in [0.4, 0.5) is 13.2 Å². The van der Waals surface area contributed by atoms with E-state index in [0.717, 1.165) is 16.7 Å². The number of benzene rings is 2. The molecule has 2 aromatic rings. The van der Waals surface area contributed by atoms with Gasteiger partial charge in [0, 0.05) is 11.6 Å². The molecule has 0 fully saturated rings. The van der Waals surface area contributed by atoms with Crippen molar-refractivity contribution in [3.8, 4) is 16.9 Å². The molecule has 2 aromatic carbocycles. The summed E-state index contributed by atoms with van der Waals surface area (Å²) < 4.78 is 40.3. The van der Waals surface area contributed by atoms with Crippen molar-refractivity contribution in [3.05, 3.63) is 53.1 Å².